The number of hydrogen-bond acceptors (Lipinski definition) is 6. The molecule has 0 aliphatic carbocycles. The molecule has 0 fully saturated rings. The topological polar surface area (TPSA) is 94.4 Å². The van der Waals surface area contributed by atoms with Gasteiger partial charge in [0.25, 0.3) is 5.69 Å². The molecule has 3 aromatic rings. The third-order valence-electron chi connectivity index (χ3n) is 3.61. The van der Waals surface area contributed by atoms with Gasteiger partial charge in [-0.25, -0.2) is 4.98 Å². The second kappa shape index (κ2) is 6.86. The molecule has 1 N–H and O–H groups in total. The Morgan fingerprint density at radius 2 is 2.04 bits per heavy atom. The number of thiazole rings is 1. The van der Waals surface area contributed by atoms with Gasteiger partial charge in [-0.05, 0) is 12.5 Å². The second-order valence-corrected chi connectivity index (χ2v) is 6.51. The van der Waals surface area contributed by atoms with Crippen molar-refractivity contribution in [3.8, 4) is 5.75 Å². The molecule has 0 spiro atoms. The number of amides is 1. The Hall–Kier alpha value is -3.00. The first-order chi connectivity index (χ1) is 12.0. The summed E-state index contributed by atoms with van der Waals surface area (Å²) in [6.07, 6.45) is 0.230. The Balaban J connectivity index is 1.82. The molecule has 8 heteroatoms. The van der Waals surface area contributed by atoms with Gasteiger partial charge in [0, 0.05) is 6.07 Å². The zero-order valence-corrected chi connectivity index (χ0v) is 14.4. The minimum Gasteiger partial charge on any atom is -0.494 e. The molecule has 0 aliphatic heterocycles. The van der Waals surface area contributed by atoms with E-state index in [4.69, 9.17) is 4.74 Å². The number of carbonyl (C=O) groups is 1. The highest BCUT2D eigenvalue weighted by Crippen LogP contribution is 2.36. The smallest absolute Gasteiger partial charge is 0.274 e. The summed E-state index contributed by atoms with van der Waals surface area (Å²) in [6, 6.07) is 10.4. The zero-order chi connectivity index (χ0) is 18.0. The van der Waals surface area contributed by atoms with Crippen molar-refractivity contribution in [3.05, 3.63) is 57.6 Å². The molecule has 1 aromatic heterocycles. The van der Waals surface area contributed by atoms with E-state index in [0.717, 1.165) is 11.1 Å². The third kappa shape index (κ3) is 3.74. The number of aryl methyl sites for hydroxylation is 1. The lowest BCUT2D eigenvalue weighted by Crippen LogP contribution is -2.14. The summed E-state index contributed by atoms with van der Waals surface area (Å²) >= 11 is 1.17. The first kappa shape index (κ1) is 16.8. The van der Waals surface area contributed by atoms with Crippen LogP contribution in [0, 0.1) is 17.0 Å². The van der Waals surface area contributed by atoms with Crippen LogP contribution < -0.4 is 10.1 Å². The van der Waals surface area contributed by atoms with Crippen molar-refractivity contribution >= 4 is 38.3 Å². The first-order valence-electron chi connectivity index (χ1n) is 7.44. The van der Waals surface area contributed by atoms with Crippen LogP contribution in [0.5, 0.6) is 5.75 Å². The minimum atomic E-state index is -0.489. The lowest BCUT2D eigenvalue weighted by molar-refractivity contribution is -0.384. The van der Waals surface area contributed by atoms with E-state index in [1.165, 1.54) is 30.6 Å². The van der Waals surface area contributed by atoms with Crippen LogP contribution in [-0.2, 0) is 11.2 Å². The summed E-state index contributed by atoms with van der Waals surface area (Å²) < 4.78 is 5.75. The molecule has 7 nitrogen and oxygen atoms in total. The van der Waals surface area contributed by atoms with Crippen molar-refractivity contribution in [3.63, 3.8) is 0 Å². The summed E-state index contributed by atoms with van der Waals surface area (Å²) in [5, 5.41) is 14.1. The number of nitrogens with one attached hydrogen (secondary N) is 1. The number of carbonyl (C=O) groups excluding carboxylic acids is 1. The lowest BCUT2D eigenvalue weighted by Gasteiger charge is -2.02. The van der Waals surface area contributed by atoms with E-state index >= 15 is 0 Å². The summed E-state index contributed by atoms with van der Waals surface area (Å²) in [5.41, 5.74) is 2.44. The average Bonchev–Trinajstić information content (AvgIpc) is 2.98. The molecule has 0 unspecified atom stereocenters. The molecule has 0 saturated heterocycles. The normalized spacial score (nSPS) is 10.6. The van der Waals surface area contributed by atoms with Gasteiger partial charge in [0.2, 0.25) is 5.91 Å². The monoisotopic (exact) mass is 357 g/mol. The van der Waals surface area contributed by atoms with Crippen molar-refractivity contribution in [2.75, 3.05) is 12.4 Å². The maximum atomic E-state index is 12.2. The lowest BCUT2D eigenvalue weighted by atomic mass is 10.1. The molecular weight excluding hydrogens is 342 g/mol. The fourth-order valence-electron chi connectivity index (χ4n) is 2.35. The number of anilines is 1. The van der Waals surface area contributed by atoms with E-state index < -0.39 is 4.92 Å². The van der Waals surface area contributed by atoms with Gasteiger partial charge in [-0.2, -0.15) is 0 Å². The van der Waals surface area contributed by atoms with E-state index in [2.05, 4.69) is 10.3 Å². The highest BCUT2D eigenvalue weighted by atomic mass is 32.1. The minimum absolute atomic E-state index is 0.0782. The Morgan fingerprint density at radius 3 is 2.68 bits per heavy atom. The van der Waals surface area contributed by atoms with Crippen LogP contribution in [0.3, 0.4) is 0 Å². The summed E-state index contributed by atoms with van der Waals surface area (Å²) in [7, 11) is 1.42. The van der Waals surface area contributed by atoms with E-state index in [-0.39, 0.29) is 18.0 Å². The highest BCUT2D eigenvalue weighted by Gasteiger charge is 2.17. The number of non-ortho nitro benzene ring substituents is 1. The Bertz CT molecular complexity index is 950. The van der Waals surface area contributed by atoms with Gasteiger partial charge in [0.1, 0.15) is 5.52 Å². The van der Waals surface area contributed by atoms with Crippen LogP contribution in [0.25, 0.3) is 10.2 Å². The Kier molecular flexibility index (Phi) is 4.62. The molecule has 128 valence electrons. The van der Waals surface area contributed by atoms with Crippen LogP contribution >= 0.6 is 11.3 Å². The van der Waals surface area contributed by atoms with Crippen LogP contribution in [0.2, 0.25) is 0 Å². The third-order valence-corrected chi connectivity index (χ3v) is 4.52. The summed E-state index contributed by atoms with van der Waals surface area (Å²) in [6.45, 7) is 1.98. The molecule has 0 aliphatic rings. The average molecular weight is 357 g/mol. The second-order valence-electron chi connectivity index (χ2n) is 5.48. The largest absolute Gasteiger partial charge is 0.494 e. The zero-order valence-electron chi connectivity index (χ0n) is 13.6. The van der Waals surface area contributed by atoms with Crippen molar-refractivity contribution in [1.29, 1.82) is 0 Å². The van der Waals surface area contributed by atoms with Gasteiger partial charge in [-0.1, -0.05) is 41.2 Å². The predicted molar refractivity (Wildman–Crippen MR) is 96.3 cm³/mol. The Morgan fingerprint density at radius 1 is 1.32 bits per heavy atom. The molecule has 25 heavy (non-hydrogen) atoms. The Labute approximate surface area is 147 Å². The van der Waals surface area contributed by atoms with Crippen molar-refractivity contribution in [2.45, 2.75) is 13.3 Å². The number of ether oxygens (including phenoxy) is 1. The highest BCUT2D eigenvalue weighted by molar-refractivity contribution is 7.22. The van der Waals surface area contributed by atoms with E-state index in [1.807, 2.05) is 31.2 Å². The standard InChI is InChI=1S/C17H15N3O4S/c1-10-3-5-11(6-4-10)7-15(21)18-17-19-16-13(24-2)8-12(20(22)23)9-14(16)25-17/h3-6,8-9H,7H2,1-2H3,(H,18,19,21). The quantitative estimate of drug-likeness (QED) is 0.555. The summed E-state index contributed by atoms with van der Waals surface area (Å²) in [4.78, 5) is 27.0. The van der Waals surface area contributed by atoms with E-state index in [1.54, 1.807) is 0 Å². The number of hydrogen-bond donors (Lipinski definition) is 1. The van der Waals surface area contributed by atoms with E-state index in [9.17, 15) is 14.9 Å². The number of rotatable bonds is 5. The molecule has 3 rings (SSSR count). The molecule has 1 amide bonds. The SMILES string of the molecule is COc1cc([N+](=O)[O-])cc2sc(NC(=O)Cc3ccc(C)cc3)nc12. The van der Waals surface area contributed by atoms with Crippen LogP contribution in [-0.4, -0.2) is 22.9 Å². The van der Waals surface area contributed by atoms with Gasteiger partial charge < -0.3 is 10.1 Å². The maximum absolute atomic E-state index is 12.2. The predicted octanol–water partition coefficient (Wildman–Crippen LogP) is 3.70. The maximum Gasteiger partial charge on any atom is 0.274 e. The number of nitrogens with zero attached hydrogens (tertiary/aromatic N) is 2. The summed E-state index contributed by atoms with van der Waals surface area (Å²) in [5.74, 6) is 0.107. The molecule has 2 aromatic carbocycles. The van der Waals surface area contributed by atoms with Crippen molar-refractivity contribution in [1.82, 2.24) is 4.98 Å². The van der Waals surface area contributed by atoms with Gasteiger partial charge in [-0.15, -0.1) is 0 Å². The van der Waals surface area contributed by atoms with Crippen LogP contribution in [0.1, 0.15) is 11.1 Å². The molecule has 0 saturated carbocycles. The number of fused-ring (bicyclic) bond motifs is 1. The van der Waals surface area contributed by atoms with E-state index in [0.29, 0.717) is 21.1 Å². The molecule has 0 bridgehead atoms. The van der Waals surface area contributed by atoms with Gasteiger partial charge in [0.05, 0.1) is 29.2 Å². The van der Waals surface area contributed by atoms with Gasteiger partial charge >= 0.3 is 0 Å². The number of aromatic nitrogens is 1. The number of nitro groups is 1. The number of nitro benzene ring substituents is 1. The molecular formula is C17H15N3O4S. The van der Waals surface area contributed by atoms with Crippen molar-refractivity contribution in [2.24, 2.45) is 0 Å². The van der Waals surface area contributed by atoms with Gasteiger partial charge in [0.15, 0.2) is 10.9 Å². The number of methoxy groups -OCH3 is 1. The fourth-order valence-corrected chi connectivity index (χ4v) is 3.29. The van der Waals surface area contributed by atoms with Crippen LogP contribution in [0.15, 0.2) is 36.4 Å². The molecule has 0 radical (unpaired) electrons. The van der Waals surface area contributed by atoms with Crippen molar-refractivity contribution < 1.29 is 14.5 Å². The van der Waals surface area contributed by atoms with Gasteiger partial charge in [-0.3, -0.25) is 14.9 Å². The molecule has 0 atom stereocenters. The first-order valence-corrected chi connectivity index (χ1v) is 8.26. The molecule has 1 heterocycles. The fraction of sp³-hybridized carbons (Fsp3) is 0.176. The van der Waals surface area contributed by atoms with Crippen LogP contribution in [0.4, 0.5) is 10.8 Å². The number of benzene rings is 2.